The number of hydrogen-bond donors (Lipinski definition) is 1. The standard InChI is InChI=1S/C16H14ClN3OS/c1-21-14-7-2-4-11(8-14)15-10-22-16(20-19-15)18-13-6-3-5-12(17)9-13/h2-9H,10H2,1H3,(H,18,20). The summed E-state index contributed by atoms with van der Waals surface area (Å²) in [5.41, 5.74) is 5.81. The summed E-state index contributed by atoms with van der Waals surface area (Å²) < 4.78 is 5.24. The number of benzene rings is 2. The molecule has 0 fully saturated rings. The molecule has 0 unspecified atom stereocenters. The van der Waals surface area contributed by atoms with Crippen molar-refractivity contribution in [2.45, 2.75) is 0 Å². The summed E-state index contributed by atoms with van der Waals surface area (Å²) in [5, 5.41) is 5.83. The monoisotopic (exact) mass is 331 g/mol. The van der Waals surface area contributed by atoms with E-state index in [-0.39, 0.29) is 0 Å². The van der Waals surface area contributed by atoms with Gasteiger partial charge in [-0.25, -0.2) is 4.99 Å². The molecule has 1 aliphatic rings. The fourth-order valence-corrected chi connectivity index (χ4v) is 2.96. The van der Waals surface area contributed by atoms with Crippen LogP contribution >= 0.6 is 23.4 Å². The summed E-state index contributed by atoms with van der Waals surface area (Å²) in [4.78, 5) is 4.49. The number of aliphatic imine (C=N–C) groups is 1. The Labute approximate surface area is 138 Å². The Hall–Kier alpha value is -1.98. The first kappa shape index (κ1) is 14.9. The zero-order chi connectivity index (χ0) is 15.4. The van der Waals surface area contributed by atoms with Gasteiger partial charge < -0.3 is 4.74 Å². The number of nitrogens with zero attached hydrogens (tertiary/aromatic N) is 2. The zero-order valence-corrected chi connectivity index (χ0v) is 13.5. The van der Waals surface area contributed by atoms with Gasteiger partial charge in [0.15, 0.2) is 5.17 Å². The average Bonchev–Trinajstić information content (AvgIpc) is 2.56. The van der Waals surface area contributed by atoms with Crippen LogP contribution in [0.25, 0.3) is 0 Å². The lowest BCUT2D eigenvalue weighted by atomic mass is 10.1. The minimum Gasteiger partial charge on any atom is -0.497 e. The van der Waals surface area contributed by atoms with Gasteiger partial charge in [-0.15, -0.1) is 0 Å². The molecule has 0 saturated carbocycles. The molecule has 6 heteroatoms. The third kappa shape index (κ3) is 3.61. The highest BCUT2D eigenvalue weighted by atomic mass is 35.5. The molecule has 0 amide bonds. The molecule has 1 aliphatic heterocycles. The number of halogens is 1. The van der Waals surface area contributed by atoms with E-state index < -0.39 is 0 Å². The van der Waals surface area contributed by atoms with E-state index in [1.54, 1.807) is 18.9 Å². The lowest BCUT2D eigenvalue weighted by molar-refractivity contribution is 0.414. The van der Waals surface area contributed by atoms with Gasteiger partial charge in [-0.1, -0.05) is 41.6 Å². The maximum atomic E-state index is 5.96. The number of hydrazone groups is 1. The molecule has 112 valence electrons. The molecule has 0 saturated heterocycles. The highest BCUT2D eigenvalue weighted by Crippen LogP contribution is 2.22. The summed E-state index contributed by atoms with van der Waals surface area (Å²) in [6.07, 6.45) is 0. The van der Waals surface area contributed by atoms with E-state index >= 15 is 0 Å². The fourth-order valence-electron chi connectivity index (χ4n) is 1.99. The summed E-state index contributed by atoms with van der Waals surface area (Å²) in [6, 6.07) is 15.3. The van der Waals surface area contributed by atoms with Crippen molar-refractivity contribution in [3.63, 3.8) is 0 Å². The second-order valence-electron chi connectivity index (χ2n) is 4.59. The van der Waals surface area contributed by atoms with Crippen LogP contribution < -0.4 is 10.2 Å². The highest BCUT2D eigenvalue weighted by molar-refractivity contribution is 8.14. The maximum absolute atomic E-state index is 5.96. The van der Waals surface area contributed by atoms with Gasteiger partial charge in [0.2, 0.25) is 0 Å². The van der Waals surface area contributed by atoms with Crippen LogP contribution in [0.2, 0.25) is 5.02 Å². The molecule has 22 heavy (non-hydrogen) atoms. The van der Waals surface area contributed by atoms with Crippen LogP contribution in [0.3, 0.4) is 0 Å². The Kier molecular flexibility index (Phi) is 4.65. The van der Waals surface area contributed by atoms with Crippen molar-refractivity contribution in [1.82, 2.24) is 5.43 Å². The predicted molar refractivity (Wildman–Crippen MR) is 93.7 cm³/mol. The van der Waals surface area contributed by atoms with Crippen molar-refractivity contribution in [2.24, 2.45) is 10.1 Å². The van der Waals surface area contributed by atoms with E-state index in [0.717, 1.165) is 33.6 Å². The van der Waals surface area contributed by atoms with Crippen molar-refractivity contribution in [3.05, 3.63) is 59.1 Å². The Balaban J connectivity index is 1.76. The van der Waals surface area contributed by atoms with Crippen molar-refractivity contribution in [2.75, 3.05) is 12.9 Å². The Morgan fingerprint density at radius 3 is 2.82 bits per heavy atom. The van der Waals surface area contributed by atoms with Crippen LogP contribution in [0.15, 0.2) is 58.6 Å². The maximum Gasteiger partial charge on any atom is 0.182 e. The Morgan fingerprint density at radius 2 is 2.09 bits per heavy atom. The molecule has 2 aromatic rings. The minimum absolute atomic E-state index is 0.670. The van der Waals surface area contributed by atoms with Crippen LogP contribution in [0.1, 0.15) is 5.56 Å². The normalized spacial score (nSPS) is 16.1. The number of rotatable bonds is 3. The number of hydrogen-bond acceptors (Lipinski definition) is 4. The Bertz CT molecular complexity index is 746. The first-order chi connectivity index (χ1) is 10.7. The Morgan fingerprint density at radius 1 is 1.23 bits per heavy atom. The van der Waals surface area contributed by atoms with E-state index in [4.69, 9.17) is 16.3 Å². The van der Waals surface area contributed by atoms with Crippen LogP contribution in [0.5, 0.6) is 5.75 Å². The molecule has 0 spiro atoms. The van der Waals surface area contributed by atoms with Gasteiger partial charge >= 0.3 is 0 Å². The molecular formula is C16H14ClN3OS. The third-order valence-corrected chi connectivity index (χ3v) is 4.18. The topological polar surface area (TPSA) is 46.0 Å². The number of methoxy groups -OCH3 is 1. The SMILES string of the molecule is COc1cccc(C2=NNC(=Nc3cccc(Cl)c3)SC2)c1. The average molecular weight is 332 g/mol. The summed E-state index contributed by atoms with van der Waals surface area (Å²) in [5.74, 6) is 1.57. The molecule has 1 N–H and O–H groups in total. The van der Waals surface area contributed by atoms with Gasteiger partial charge in [0.1, 0.15) is 5.75 Å². The third-order valence-electron chi connectivity index (χ3n) is 3.07. The summed E-state index contributed by atoms with van der Waals surface area (Å²) in [7, 11) is 1.66. The quantitative estimate of drug-likeness (QED) is 0.922. The minimum atomic E-state index is 0.670. The van der Waals surface area contributed by atoms with Crippen LogP contribution in [0, 0.1) is 0 Å². The van der Waals surface area contributed by atoms with E-state index in [0.29, 0.717) is 5.02 Å². The number of thioether (sulfide) groups is 1. The number of ether oxygens (including phenoxy) is 1. The highest BCUT2D eigenvalue weighted by Gasteiger charge is 2.13. The number of nitrogens with one attached hydrogen (secondary N) is 1. The van der Waals surface area contributed by atoms with Crippen molar-refractivity contribution in [1.29, 1.82) is 0 Å². The van der Waals surface area contributed by atoms with E-state index in [1.807, 2.05) is 48.5 Å². The molecule has 0 radical (unpaired) electrons. The molecule has 4 nitrogen and oxygen atoms in total. The van der Waals surface area contributed by atoms with Gasteiger partial charge in [-0.3, -0.25) is 5.43 Å². The molecule has 0 bridgehead atoms. The molecule has 0 atom stereocenters. The second kappa shape index (κ2) is 6.85. The predicted octanol–water partition coefficient (Wildman–Crippen LogP) is 4.08. The lowest BCUT2D eigenvalue weighted by Crippen LogP contribution is -2.25. The van der Waals surface area contributed by atoms with E-state index in [2.05, 4.69) is 15.5 Å². The molecule has 1 heterocycles. The van der Waals surface area contributed by atoms with Crippen molar-refractivity contribution >= 4 is 39.9 Å². The van der Waals surface area contributed by atoms with Crippen LogP contribution in [-0.4, -0.2) is 23.7 Å². The van der Waals surface area contributed by atoms with Crippen LogP contribution in [-0.2, 0) is 0 Å². The molecule has 3 rings (SSSR count). The second-order valence-corrected chi connectivity index (χ2v) is 5.99. The van der Waals surface area contributed by atoms with E-state index in [1.165, 1.54) is 0 Å². The first-order valence-corrected chi connectivity index (χ1v) is 8.05. The van der Waals surface area contributed by atoms with E-state index in [9.17, 15) is 0 Å². The largest absolute Gasteiger partial charge is 0.497 e. The molecule has 0 aromatic heterocycles. The smallest absolute Gasteiger partial charge is 0.182 e. The fraction of sp³-hybridized carbons (Fsp3) is 0.125. The van der Waals surface area contributed by atoms with Crippen LogP contribution in [0.4, 0.5) is 5.69 Å². The first-order valence-electron chi connectivity index (χ1n) is 6.68. The van der Waals surface area contributed by atoms with Gasteiger partial charge in [0.05, 0.1) is 18.5 Å². The van der Waals surface area contributed by atoms with Crippen molar-refractivity contribution < 1.29 is 4.74 Å². The zero-order valence-electron chi connectivity index (χ0n) is 11.9. The van der Waals surface area contributed by atoms with Crippen molar-refractivity contribution in [3.8, 4) is 5.75 Å². The lowest BCUT2D eigenvalue weighted by Gasteiger charge is -2.15. The summed E-state index contributed by atoms with van der Waals surface area (Å²) in [6.45, 7) is 0. The molecule has 2 aromatic carbocycles. The summed E-state index contributed by atoms with van der Waals surface area (Å²) >= 11 is 7.56. The number of amidine groups is 1. The molecule has 0 aliphatic carbocycles. The van der Waals surface area contributed by atoms with Gasteiger partial charge in [-0.05, 0) is 30.3 Å². The van der Waals surface area contributed by atoms with Gasteiger partial charge in [0.25, 0.3) is 0 Å². The van der Waals surface area contributed by atoms with Gasteiger partial charge in [0, 0.05) is 16.3 Å². The van der Waals surface area contributed by atoms with Gasteiger partial charge in [-0.2, -0.15) is 5.10 Å². The molecular weight excluding hydrogens is 318 g/mol.